The first-order valence-electron chi connectivity index (χ1n) is 9.11. The Bertz CT molecular complexity index is 1140. The van der Waals surface area contributed by atoms with Gasteiger partial charge in [-0.25, -0.2) is 0 Å². The summed E-state index contributed by atoms with van der Waals surface area (Å²) < 4.78 is 5.16. The third kappa shape index (κ3) is 4.93. The Kier molecular flexibility index (Phi) is 6.07. The second kappa shape index (κ2) is 9.07. The van der Waals surface area contributed by atoms with Gasteiger partial charge < -0.3 is 4.74 Å². The highest BCUT2D eigenvalue weighted by Gasteiger charge is 2.11. The molecular formula is C22H19N3O2S2. The van der Waals surface area contributed by atoms with E-state index in [-0.39, 0.29) is 5.91 Å². The molecule has 0 aliphatic heterocycles. The minimum atomic E-state index is -0.225. The van der Waals surface area contributed by atoms with Crippen LogP contribution in [0.2, 0.25) is 0 Å². The molecule has 0 saturated carbocycles. The van der Waals surface area contributed by atoms with Crippen molar-refractivity contribution in [2.24, 2.45) is 0 Å². The molecule has 4 rings (SSSR count). The fourth-order valence-corrected chi connectivity index (χ4v) is 4.62. The summed E-state index contributed by atoms with van der Waals surface area (Å²) in [6.07, 6.45) is 0.796. The molecule has 5 nitrogen and oxygen atoms in total. The zero-order chi connectivity index (χ0) is 20.1. The number of carbonyl (C=O) groups excluding carboxylic acids is 1. The van der Waals surface area contributed by atoms with E-state index < -0.39 is 0 Å². The number of methoxy groups -OCH3 is 1. The van der Waals surface area contributed by atoms with E-state index in [1.165, 1.54) is 27.0 Å². The number of aromatic nitrogens is 2. The Labute approximate surface area is 177 Å². The zero-order valence-electron chi connectivity index (χ0n) is 15.8. The van der Waals surface area contributed by atoms with E-state index >= 15 is 0 Å². The van der Waals surface area contributed by atoms with Crippen LogP contribution >= 0.6 is 23.1 Å². The van der Waals surface area contributed by atoms with E-state index in [0.717, 1.165) is 17.2 Å². The van der Waals surface area contributed by atoms with Crippen LogP contribution in [0, 0.1) is 0 Å². The molecule has 146 valence electrons. The summed E-state index contributed by atoms with van der Waals surface area (Å²) in [5, 5.41) is 15.0. The molecule has 0 unspecified atom stereocenters. The number of nitrogens with zero attached hydrogens (tertiary/aromatic N) is 2. The normalized spacial score (nSPS) is 10.8. The van der Waals surface area contributed by atoms with Gasteiger partial charge in [-0.15, -0.1) is 22.0 Å². The monoisotopic (exact) mass is 421 g/mol. The van der Waals surface area contributed by atoms with Crippen LogP contribution in [0.5, 0.6) is 5.75 Å². The Balaban J connectivity index is 1.32. The van der Waals surface area contributed by atoms with Crippen molar-refractivity contribution in [1.82, 2.24) is 10.2 Å². The van der Waals surface area contributed by atoms with E-state index in [1.807, 2.05) is 0 Å². The Morgan fingerprint density at radius 2 is 1.90 bits per heavy atom. The molecule has 0 fully saturated rings. The maximum absolute atomic E-state index is 12.4. The number of thioether (sulfide) groups is 1. The van der Waals surface area contributed by atoms with Crippen LogP contribution < -0.4 is 10.1 Å². The molecule has 3 aromatic carbocycles. The molecule has 0 bridgehead atoms. The number of hydrogen-bond acceptors (Lipinski definition) is 6. The highest BCUT2D eigenvalue weighted by Crippen LogP contribution is 2.25. The number of hydrogen-bond donors (Lipinski definition) is 1. The van der Waals surface area contributed by atoms with Crippen molar-refractivity contribution in [3.8, 4) is 5.75 Å². The van der Waals surface area contributed by atoms with E-state index in [1.54, 1.807) is 43.1 Å². The van der Waals surface area contributed by atoms with Gasteiger partial charge in [-0.05, 0) is 41.1 Å². The number of benzene rings is 3. The van der Waals surface area contributed by atoms with Crippen molar-refractivity contribution in [2.75, 3.05) is 18.2 Å². The molecular weight excluding hydrogens is 402 g/mol. The fraction of sp³-hybridized carbons (Fsp3) is 0.136. The van der Waals surface area contributed by atoms with Crippen LogP contribution in [-0.2, 0) is 6.42 Å². The number of nitrogens with one attached hydrogen (secondary N) is 1. The highest BCUT2D eigenvalue weighted by atomic mass is 32.2. The van der Waals surface area contributed by atoms with Crippen molar-refractivity contribution in [3.05, 3.63) is 77.3 Å². The molecule has 0 atom stereocenters. The van der Waals surface area contributed by atoms with Gasteiger partial charge in [0.2, 0.25) is 5.13 Å². The molecule has 0 aliphatic rings. The minimum absolute atomic E-state index is 0.225. The predicted octanol–water partition coefficient (Wildman–Crippen LogP) is 5.29. The second-order valence-corrected chi connectivity index (χ2v) is 8.52. The molecule has 7 heteroatoms. The topological polar surface area (TPSA) is 64.1 Å². The molecule has 4 aromatic rings. The first-order chi connectivity index (χ1) is 14.2. The SMILES string of the molecule is COc1cccc(C(=O)Nc2nnc(CCSc3ccc4ccccc4c3)s2)c1. The lowest BCUT2D eigenvalue weighted by molar-refractivity contribution is 0.102. The lowest BCUT2D eigenvalue weighted by Crippen LogP contribution is -2.11. The van der Waals surface area contributed by atoms with Gasteiger partial charge >= 0.3 is 0 Å². The van der Waals surface area contributed by atoms with Gasteiger partial charge in [-0.1, -0.05) is 47.7 Å². The Hall–Kier alpha value is -2.90. The van der Waals surface area contributed by atoms with Crippen LogP contribution in [-0.4, -0.2) is 29.0 Å². The fourth-order valence-electron chi connectivity index (χ4n) is 2.85. The molecule has 0 spiro atoms. The number of anilines is 1. The number of fused-ring (bicyclic) bond motifs is 1. The smallest absolute Gasteiger partial charge is 0.257 e. The van der Waals surface area contributed by atoms with Gasteiger partial charge in [0.25, 0.3) is 5.91 Å². The van der Waals surface area contributed by atoms with Gasteiger partial charge in [0, 0.05) is 22.6 Å². The zero-order valence-corrected chi connectivity index (χ0v) is 17.4. The lowest BCUT2D eigenvalue weighted by Gasteiger charge is -2.03. The van der Waals surface area contributed by atoms with E-state index in [2.05, 4.69) is 58.0 Å². The lowest BCUT2D eigenvalue weighted by atomic mass is 10.1. The molecule has 1 heterocycles. The van der Waals surface area contributed by atoms with Crippen LogP contribution in [0.15, 0.2) is 71.6 Å². The largest absolute Gasteiger partial charge is 0.497 e. The molecule has 0 saturated heterocycles. The average molecular weight is 422 g/mol. The molecule has 29 heavy (non-hydrogen) atoms. The number of rotatable bonds is 7. The Morgan fingerprint density at radius 3 is 2.76 bits per heavy atom. The molecule has 0 radical (unpaired) electrons. The summed E-state index contributed by atoms with van der Waals surface area (Å²) in [5.41, 5.74) is 0.521. The summed E-state index contributed by atoms with van der Waals surface area (Å²) in [7, 11) is 1.57. The van der Waals surface area contributed by atoms with Crippen molar-refractivity contribution in [2.45, 2.75) is 11.3 Å². The molecule has 0 aliphatic carbocycles. The summed E-state index contributed by atoms with van der Waals surface area (Å²) >= 11 is 3.20. The highest BCUT2D eigenvalue weighted by molar-refractivity contribution is 7.99. The van der Waals surface area contributed by atoms with E-state index in [4.69, 9.17) is 4.74 Å². The number of carbonyl (C=O) groups is 1. The standard InChI is InChI=1S/C22H19N3O2S2/c1-27-18-8-4-7-17(13-18)21(26)23-22-25-24-20(29-22)11-12-28-19-10-9-15-5-2-3-6-16(15)14-19/h2-10,13-14H,11-12H2,1H3,(H,23,25,26). The summed E-state index contributed by atoms with van der Waals surface area (Å²) in [5.74, 6) is 1.31. The summed E-state index contributed by atoms with van der Waals surface area (Å²) in [6, 6.07) is 21.9. The van der Waals surface area contributed by atoms with Crippen LogP contribution in [0.25, 0.3) is 10.8 Å². The van der Waals surface area contributed by atoms with E-state index in [9.17, 15) is 4.79 Å². The maximum atomic E-state index is 12.4. The molecule has 1 aromatic heterocycles. The van der Waals surface area contributed by atoms with Gasteiger partial charge in [0.1, 0.15) is 10.8 Å². The van der Waals surface area contributed by atoms with E-state index in [0.29, 0.717) is 16.4 Å². The first-order valence-corrected chi connectivity index (χ1v) is 10.9. The predicted molar refractivity (Wildman–Crippen MR) is 119 cm³/mol. The average Bonchev–Trinajstić information content (AvgIpc) is 3.20. The van der Waals surface area contributed by atoms with Crippen LogP contribution in [0.3, 0.4) is 0 Å². The molecule has 1 N–H and O–H groups in total. The van der Waals surface area contributed by atoms with Crippen molar-refractivity contribution >= 4 is 44.9 Å². The summed E-state index contributed by atoms with van der Waals surface area (Å²) in [4.78, 5) is 13.6. The van der Waals surface area contributed by atoms with Gasteiger partial charge in [-0.3, -0.25) is 10.1 Å². The van der Waals surface area contributed by atoms with Crippen molar-refractivity contribution < 1.29 is 9.53 Å². The van der Waals surface area contributed by atoms with Crippen molar-refractivity contribution in [1.29, 1.82) is 0 Å². The molecule has 1 amide bonds. The summed E-state index contributed by atoms with van der Waals surface area (Å²) in [6.45, 7) is 0. The third-order valence-corrected chi connectivity index (χ3v) is 6.22. The number of aryl methyl sites for hydroxylation is 1. The maximum Gasteiger partial charge on any atom is 0.257 e. The van der Waals surface area contributed by atoms with Gasteiger partial charge in [0.15, 0.2) is 0 Å². The van der Waals surface area contributed by atoms with Crippen LogP contribution in [0.1, 0.15) is 15.4 Å². The first kappa shape index (κ1) is 19.4. The van der Waals surface area contributed by atoms with Gasteiger partial charge in [0.05, 0.1) is 7.11 Å². The quantitative estimate of drug-likeness (QED) is 0.411. The second-order valence-electron chi connectivity index (χ2n) is 6.29. The minimum Gasteiger partial charge on any atom is -0.497 e. The Morgan fingerprint density at radius 1 is 1.03 bits per heavy atom. The van der Waals surface area contributed by atoms with Crippen LogP contribution in [0.4, 0.5) is 5.13 Å². The number of amides is 1. The third-order valence-electron chi connectivity index (χ3n) is 4.32. The van der Waals surface area contributed by atoms with Gasteiger partial charge in [-0.2, -0.15) is 0 Å². The number of ether oxygens (including phenoxy) is 1. The van der Waals surface area contributed by atoms with Crippen molar-refractivity contribution in [3.63, 3.8) is 0 Å².